The minimum atomic E-state index is -0.614. The van der Waals surface area contributed by atoms with E-state index in [9.17, 15) is 9.90 Å². The van der Waals surface area contributed by atoms with Gasteiger partial charge in [0.2, 0.25) is 0 Å². The zero-order chi connectivity index (χ0) is 11.6. The van der Waals surface area contributed by atoms with Crippen LogP contribution in [0.4, 0.5) is 0 Å². The SMILES string of the molecule is CC1CCCC(C(C)(C(=O)O)C(C)C)C1. The van der Waals surface area contributed by atoms with Crippen molar-refractivity contribution in [3.63, 3.8) is 0 Å². The van der Waals surface area contributed by atoms with E-state index in [0.29, 0.717) is 11.8 Å². The number of hydrogen-bond donors (Lipinski definition) is 1. The highest BCUT2D eigenvalue weighted by molar-refractivity contribution is 5.74. The normalized spacial score (nSPS) is 31.3. The van der Waals surface area contributed by atoms with Crippen molar-refractivity contribution in [2.24, 2.45) is 23.2 Å². The molecule has 2 nitrogen and oxygen atoms in total. The molecule has 1 fully saturated rings. The smallest absolute Gasteiger partial charge is 0.309 e. The zero-order valence-corrected chi connectivity index (χ0v) is 10.4. The molecule has 0 aromatic carbocycles. The van der Waals surface area contributed by atoms with E-state index in [1.165, 1.54) is 12.8 Å². The highest BCUT2D eigenvalue weighted by Gasteiger charge is 2.44. The number of carboxylic acid groups (broad SMARTS) is 1. The summed E-state index contributed by atoms with van der Waals surface area (Å²) in [7, 11) is 0. The Bertz CT molecular complexity index is 235. The number of hydrogen-bond acceptors (Lipinski definition) is 1. The Hall–Kier alpha value is -0.530. The maximum absolute atomic E-state index is 11.5. The maximum Gasteiger partial charge on any atom is 0.309 e. The second kappa shape index (κ2) is 4.54. The molecular formula is C13H24O2. The van der Waals surface area contributed by atoms with Gasteiger partial charge in [0.05, 0.1) is 5.41 Å². The van der Waals surface area contributed by atoms with Crippen molar-refractivity contribution in [2.75, 3.05) is 0 Å². The first-order chi connectivity index (χ1) is 6.89. The van der Waals surface area contributed by atoms with Crippen molar-refractivity contribution in [1.29, 1.82) is 0 Å². The molecule has 15 heavy (non-hydrogen) atoms. The molecule has 0 heterocycles. The Morgan fingerprint density at radius 1 is 1.40 bits per heavy atom. The fourth-order valence-corrected chi connectivity index (χ4v) is 2.87. The second-order valence-electron chi connectivity index (χ2n) is 5.71. The summed E-state index contributed by atoms with van der Waals surface area (Å²) in [4.78, 5) is 11.5. The molecule has 0 bridgehead atoms. The van der Waals surface area contributed by atoms with Gasteiger partial charge in [0, 0.05) is 0 Å². The number of carbonyl (C=O) groups is 1. The largest absolute Gasteiger partial charge is 0.481 e. The third-order valence-corrected chi connectivity index (χ3v) is 4.44. The fourth-order valence-electron chi connectivity index (χ4n) is 2.87. The molecule has 1 aliphatic carbocycles. The summed E-state index contributed by atoms with van der Waals surface area (Å²) in [5.74, 6) is 0.654. The molecule has 3 unspecified atom stereocenters. The van der Waals surface area contributed by atoms with E-state index in [2.05, 4.69) is 6.92 Å². The first-order valence-electron chi connectivity index (χ1n) is 6.12. The topological polar surface area (TPSA) is 37.3 Å². The van der Waals surface area contributed by atoms with Gasteiger partial charge in [0.25, 0.3) is 0 Å². The average molecular weight is 212 g/mol. The van der Waals surface area contributed by atoms with Gasteiger partial charge in [-0.25, -0.2) is 0 Å². The predicted octanol–water partition coefficient (Wildman–Crippen LogP) is 3.56. The fraction of sp³-hybridized carbons (Fsp3) is 0.923. The predicted molar refractivity (Wildman–Crippen MR) is 61.7 cm³/mol. The van der Waals surface area contributed by atoms with Gasteiger partial charge in [-0.3, -0.25) is 4.79 Å². The average Bonchev–Trinajstić information content (AvgIpc) is 2.15. The third-order valence-electron chi connectivity index (χ3n) is 4.44. The highest BCUT2D eigenvalue weighted by atomic mass is 16.4. The molecule has 0 aromatic rings. The minimum Gasteiger partial charge on any atom is -0.481 e. The van der Waals surface area contributed by atoms with Crippen molar-refractivity contribution in [3.8, 4) is 0 Å². The van der Waals surface area contributed by atoms with Crippen LogP contribution < -0.4 is 0 Å². The zero-order valence-electron chi connectivity index (χ0n) is 10.4. The van der Waals surface area contributed by atoms with Gasteiger partial charge in [-0.1, -0.05) is 33.6 Å². The van der Waals surface area contributed by atoms with Crippen molar-refractivity contribution in [3.05, 3.63) is 0 Å². The lowest BCUT2D eigenvalue weighted by atomic mass is 9.62. The van der Waals surface area contributed by atoms with Crippen molar-refractivity contribution >= 4 is 5.97 Å². The number of carboxylic acids is 1. The van der Waals surface area contributed by atoms with E-state index in [1.54, 1.807) is 0 Å². The van der Waals surface area contributed by atoms with Crippen LogP contribution in [-0.2, 0) is 4.79 Å². The van der Waals surface area contributed by atoms with Crippen LogP contribution in [0.5, 0.6) is 0 Å². The third kappa shape index (κ3) is 2.35. The summed E-state index contributed by atoms with van der Waals surface area (Å²) in [6.07, 6.45) is 4.64. The van der Waals surface area contributed by atoms with Gasteiger partial charge in [-0.15, -0.1) is 0 Å². The summed E-state index contributed by atoms with van der Waals surface area (Å²) in [5, 5.41) is 9.44. The van der Waals surface area contributed by atoms with E-state index >= 15 is 0 Å². The second-order valence-corrected chi connectivity index (χ2v) is 5.71. The standard InChI is InChI=1S/C13H24O2/c1-9(2)13(4,12(14)15)11-7-5-6-10(3)8-11/h9-11H,5-8H2,1-4H3,(H,14,15). The first kappa shape index (κ1) is 12.5. The van der Waals surface area contributed by atoms with Gasteiger partial charge >= 0.3 is 5.97 Å². The molecule has 0 radical (unpaired) electrons. The van der Waals surface area contributed by atoms with Crippen molar-refractivity contribution in [1.82, 2.24) is 0 Å². The van der Waals surface area contributed by atoms with E-state index in [0.717, 1.165) is 12.8 Å². The Balaban J connectivity index is 2.84. The molecule has 1 N–H and O–H groups in total. The molecular weight excluding hydrogens is 188 g/mol. The molecule has 1 rings (SSSR count). The summed E-state index contributed by atoms with van der Waals surface area (Å²) < 4.78 is 0. The highest BCUT2D eigenvalue weighted by Crippen LogP contribution is 2.45. The van der Waals surface area contributed by atoms with Gasteiger partial charge in [0.1, 0.15) is 0 Å². The lowest BCUT2D eigenvalue weighted by molar-refractivity contribution is -0.156. The quantitative estimate of drug-likeness (QED) is 0.776. The molecule has 1 aliphatic rings. The van der Waals surface area contributed by atoms with Crippen LogP contribution >= 0.6 is 0 Å². The monoisotopic (exact) mass is 212 g/mol. The van der Waals surface area contributed by atoms with Gasteiger partial charge in [-0.2, -0.15) is 0 Å². The molecule has 0 amide bonds. The molecule has 88 valence electrons. The molecule has 0 aromatic heterocycles. The minimum absolute atomic E-state index is 0.213. The van der Waals surface area contributed by atoms with E-state index in [-0.39, 0.29) is 5.92 Å². The number of rotatable bonds is 3. The van der Waals surface area contributed by atoms with E-state index in [4.69, 9.17) is 0 Å². The summed E-state index contributed by atoms with van der Waals surface area (Å²) >= 11 is 0. The van der Waals surface area contributed by atoms with Crippen LogP contribution in [0.25, 0.3) is 0 Å². The first-order valence-corrected chi connectivity index (χ1v) is 6.12. The molecule has 1 saturated carbocycles. The van der Waals surface area contributed by atoms with Gasteiger partial charge in [0.15, 0.2) is 0 Å². The Morgan fingerprint density at radius 3 is 2.40 bits per heavy atom. The Labute approximate surface area is 93.1 Å². The summed E-state index contributed by atoms with van der Waals surface area (Å²) in [6, 6.07) is 0. The lowest BCUT2D eigenvalue weighted by Gasteiger charge is -2.41. The van der Waals surface area contributed by atoms with Crippen LogP contribution in [0.1, 0.15) is 53.4 Å². The van der Waals surface area contributed by atoms with Crippen LogP contribution in [0.15, 0.2) is 0 Å². The Kier molecular flexibility index (Phi) is 3.80. The Morgan fingerprint density at radius 2 is 2.00 bits per heavy atom. The number of aliphatic carboxylic acids is 1. The van der Waals surface area contributed by atoms with E-state index < -0.39 is 11.4 Å². The summed E-state index contributed by atoms with van der Waals surface area (Å²) in [5.41, 5.74) is -0.533. The van der Waals surface area contributed by atoms with E-state index in [1.807, 2.05) is 20.8 Å². The maximum atomic E-state index is 11.5. The molecule has 3 atom stereocenters. The van der Waals surface area contributed by atoms with Gasteiger partial charge in [-0.05, 0) is 37.5 Å². The molecule has 0 spiro atoms. The molecule has 2 heteroatoms. The van der Waals surface area contributed by atoms with Crippen LogP contribution in [-0.4, -0.2) is 11.1 Å². The van der Waals surface area contributed by atoms with Crippen LogP contribution in [0.2, 0.25) is 0 Å². The molecule has 0 saturated heterocycles. The van der Waals surface area contributed by atoms with Gasteiger partial charge < -0.3 is 5.11 Å². The van der Waals surface area contributed by atoms with Crippen LogP contribution in [0, 0.1) is 23.2 Å². The lowest BCUT2D eigenvalue weighted by Crippen LogP contribution is -2.42. The van der Waals surface area contributed by atoms with Crippen molar-refractivity contribution in [2.45, 2.75) is 53.4 Å². The van der Waals surface area contributed by atoms with Crippen molar-refractivity contribution < 1.29 is 9.90 Å². The molecule has 0 aliphatic heterocycles. The van der Waals surface area contributed by atoms with Crippen LogP contribution in [0.3, 0.4) is 0 Å². The summed E-state index contributed by atoms with van der Waals surface area (Å²) in [6.45, 7) is 8.25.